The molecule has 132 valence electrons. The monoisotopic (exact) mass is 358 g/mol. The molecule has 0 aromatic heterocycles. The van der Waals surface area contributed by atoms with Gasteiger partial charge < -0.3 is 4.90 Å². The molecule has 0 saturated carbocycles. The van der Waals surface area contributed by atoms with Crippen LogP contribution in [-0.4, -0.2) is 38.4 Å². The molecule has 0 aliphatic carbocycles. The minimum absolute atomic E-state index is 0.0973. The normalized spacial score (nSPS) is 21.7. The van der Waals surface area contributed by atoms with E-state index in [4.69, 9.17) is 0 Å². The molecule has 0 unspecified atom stereocenters. The van der Waals surface area contributed by atoms with E-state index in [-0.39, 0.29) is 18.5 Å². The second-order valence-electron chi connectivity index (χ2n) is 6.79. The molecular weight excluding hydrogens is 336 g/mol. The Balaban J connectivity index is 1.70. The van der Waals surface area contributed by atoms with Gasteiger partial charge >= 0.3 is 0 Å². The van der Waals surface area contributed by atoms with E-state index < -0.39 is 10.0 Å². The number of amides is 1. The van der Waals surface area contributed by atoms with E-state index in [1.807, 2.05) is 23.1 Å². The average Bonchev–Trinajstić information content (AvgIpc) is 2.85. The molecule has 2 heterocycles. The van der Waals surface area contributed by atoms with E-state index in [9.17, 15) is 13.2 Å². The first-order valence-corrected chi connectivity index (χ1v) is 10.3. The van der Waals surface area contributed by atoms with Crippen molar-refractivity contribution in [1.82, 2.24) is 4.90 Å². The maximum Gasteiger partial charge on any atom is 0.265 e. The van der Waals surface area contributed by atoms with Gasteiger partial charge in [0.15, 0.2) is 0 Å². The van der Waals surface area contributed by atoms with Gasteiger partial charge in [-0.15, -0.1) is 0 Å². The molecule has 0 radical (unpaired) electrons. The minimum atomic E-state index is -3.67. The third-order valence-electron chi connectivity index (χ3n) is 5.38. The molecule has 5 nitrogen and oxygen atoms in total. The summed E-state index contributed by atoms with van der Waals surface area (Å²) in [5, 5.41) is 1.61. The van der Waals surface area contributed by atoms with Crippen LogP contribution in [0.4, 0.5) is 5.69 Å². The van der Waals surface area contributed by atoms with Crippen molar-refractivity contribution in [1.29, 1.82) is 0 Å². The molecule has 25 heavy (non-hydrogen) atoms. The van der Waals surface area contributed by atoms with Crippen molar-refractivity contribution in [2.75, 3.05) is 17.4 Å². The van der Waals surface area contributed by atoms with Crippen LogP contribution < -0.4 is 4.31 Å². The molecule has 2 aromatic carbocycles. The van der Waals surface area contributed by atoms with Gasteiger partial charge in [-0.1, -0.05) is 31.2 Å². The van der Waals surface area contributed by atoms with Crippen molar-refractivity contribution in [3.8, 4) is 0 Å². The van der Waals surface area contributed by atoms with E-state index in [0.717, 1.165) is 43.0 Å². The number of hydrogen-bond acceptors (Lipinski definition) is 3. The zero-order valence-corrected chi connectivity index (χ0v) is 15.1. The van der Waals surface area contributed by atoms with E-state index >= 15 is 0 Å². The Labute approximate surface area is 148 Å². The fourth-order valence-corrected chi connectivity index (χ4v) is 5.76. The zero-order chi connectivity index (χ0) is 17.6. The van der Waals surface area contributed by atoms with Crippen LogP contribution >= 0.6 is 0 Å². The molecule has 1 atom stereocenters. The number of piperidine rings is 1. The molecule has 0 N–H and O–H groups in total. The predicted octanol–water partition coefficient (Wildman–Crippen LogP) is 3.14. The molecule has 4 rings (SSSR count). The van der Waals surface area contributed by atoms with Crippen LogP contribution in [0.25, 0.3) is 10.8 Å². The second kappa shape index (κ2) is 6.02. The van der Waals surface area contributed by atoms with Crippen LogP contribution in [0.1, 0.15) is 32.6 Å². The lowest BCUT2D eigenvalue weighted by atomic mass is 10.00. The highest BCUT2D eigenvalue weighted by molar-refractivity contribution is 7.93. The molecule has 2 aliphatic heterocycles. The van der Waals surface area contributed by atoms with E-state index in [1.165, 1.54) is 4.31 Å². The van der Waals surface area contributed by atoms with Crippen LogP contribution in [0.15, 0.2) is 41.3 Å². The maximum atomic E-state index is 13.0. The highest BCUT2D eigenvalue weighted by atomic mass is 32.2. The summed E-state index contributed by atoms with van der Waals surface area (Å²) in [6, 6.07) is 11.0. The number of nitrogens with zero attached hydrogens (tertiary/aromatic N) is 2. The molecule has 1 fully saturated rings. The third kappa shape index (κ3) is 2.51. The van der Waals surface area contributed by atoms with Crippen molar-refractivity contribution in [2.45, 2.75) is 43.5 Å². The standard InChI is InChI=1S/C19H22N2O3S/c1-2-15-9-3-4-12-20(15)18(22)13-21-16-10-5-7-14-8-6-11-17(19(14)16)25(21,23)24/h5-8,10-11,15H,2-4,9,12-13H2,1H3/t15-/m1/s1. The Hall–Kier alpha value is -2.08. The van der Waals surface area contributed by atoms with E-state index in [2.05, 4.69) is 6.92 Å². The van der Waals surface area contributed by atoms with Crippen molar-refractivity contribution < 1.29 is 13.2 Å². The second-order valence-corrected chi connectivity index (χ2v) is 8.62. The Morgan fingerprint density at radius 3 is 2.68 bits per heavy atom. The van der Waals surface area contributed by atoms with Gasteiger partial charge in [0, 0.05) is 18.0 Å². The van der Waals surface area contributed by atoms with Gasteiger partial charge in [0.25, 0.3) is 10.0 Å². The molecule has 0 spiro atoms. The summed E-state index contributed by atoms with van der Waals surface area (Å²) in [5.74, 6) is -0.0973. The SMILES string of the molecule is CC[C@@H]1CCCCN1C(=O)CN1c2cccc3cccc(c23)S1(=O)=O. The fourth-order valence-electron chi connectivity index (χ4n) is 4.10. The summed E-state index contributed by atoms with van der Waals surface area (Å²) in [7, 11) is -3.67. The first kappa shape index (κ1) is 16.4. The van der Waals surface area contributed by atoms with E-state index in [1.54, 1.807) is 18.2 Å². The fraction of sp³-hybridized carbons (Fsp3) is 0.421. The molecule has 0 bridgehead atoms. The van der Waals surface area contributed by atoms with Gasteiger partial charge in [0.2, 0.25) is 5.91 Å². The number of rotatable bonds is 3. The largest absolute Gasteiger partial charge is 0.338 e. The average molecular weight is 358 g/mol. The van der Waals surface area contributed by atoms with Crippen LogP contribution in [-0.2, 0) is 14.8 Å². The first-order valence-electron chi connectivity index (χ1n) is 8.88. The lowest BCUT2D eigenvalue weighted by Crippen LogP contribution is -2.48. The highest BCUT2D eigenvalue weighted by Crippen LogP contribution is 2.41. The summed E-state index contributed by atoms with van der Waals surface area (Å²) < 4.78 is 27.3. The number of carbonyl (C=O) groups excluding carboxylic acids is 1. The zero-order valence-electron chi connectivity index (χ0n) is 14.3. The van der Waals surface area contributed by atoms with Gasteiger partial charge in [-0.3, -0.25) is 9.10 Å². The number of likely N-dealkylation sites (tertiary alicyclic amines) is 1. The molecule has 2 aromatic rings. The van der Waals surface area contributed by atoms with E-state index in [0.29, 0.717) is 10.6 Å². The van der Waals surface area contributed by atoms with Crippen LogP contribution in [0.5, 0.6) is 0 Å². The summed E-state index contributed by atoms with van der Waals surface area (Å²) in [4.78, 5) is 15.1. The number of carbonyl (C=O) groups is 1. The lowest BCUT2D eigenvalue weighted by molar-refractivity contribution is -0.133. The Morgan fingerprint density at radius 1 is 1.16 bits per heavy atom. The Morgan fingerprint density at radius 2 is 1.92 bits per heavy atom. The number of hydrogen-bond donors (Lipinski definition) is 0. The van der Waals surface area contributed by atoms with Gasteiger partial charge in [-0.25, -0.2) is 8.42 Å². The summed E-state index contributed by atoms with van der Waals surface area (Å²) in [6.07, 6.45) is 4.04. The lowest BCUT2D eigenvalue weighted by Gasteiger charge is -2.36. The van der Waals surface area contributed by atoms with Crippen LogP contribution in [0, 0.1) is 0 Å². The summed E-state index contributed by atoms with van der Waals surface area (Å²) in [5.41, 5.74) is 0.617. The number of benzene rings is 2. The number of anilines is 1. The van der Waals surface area contributed by atoms with Gasteiger partial charge in [-0.2, -0.15) is 0 Å². The molecule has 2 aliphatic rings. The van der Waals surface area contributed by atoms with Gasteiger partial charge in [0.05, 0.1) is 10.6 Å². The topological polar surface area (TPSA) is 57.7 Å². The van der Waals surface area contributed by atoms with Gasteiger partial charge in [-0.05, 0) is 43.2 Å². The first-order chi connectivity index (χ1) is 12.0. The summed E-state index contributed by atoms with van der Waals surface area (Å²) in [6.45, 7) is 2.69. The van der Waals surface area contributed by atoms with Crippen LogP contribution in [0.3, 0.4) is 0 Å². The van der Waals surface area contributed by atoms with Crippen molar-refractivity contribution in [3.63, 3.8) is 0 Å². The predicted molar refractivity (Wildman–Crippen MR) is 98.1 cm³/mol. The number of sulfonamides is 1. The quantitative estimate of drug-likeness (QED) is 0.847. The Kier molecular flexibility index (Phi) is 3.95. The van der Waals surface area contributed by atoms with Gasteiger partial charge in [0.1, 0.15) is 6.54 Å². The van der Waals surface area contributed by atoms with Crippen LogP contribution in [0.2, 0.25) is 0 Å². The molecule has 1 amide bonds. The molecule has 1 saturated heterocycles. The van der Waals surface area contributed by atoms with Crippen molar-refractivity contribution in [3.05, 3.63) is 36.4 Å². The maximum absolute atomic E-state index is 13.0. The van der Waals surface area contributed by atoms with Crippen molar-refractivity contribution >= 4 is 32.4 Å². The third-order valence-corrected chi connectivity index (χ3v) is 7.18. The Bertz CT molecular complexity index is 934. The summed E-state index contributed by atoms with van der Waals surface area (Å²) >= 11 is 0. The molecule has 6 heteroatoms. The van der Waals surface area contributed by atoms with Crippen molar-refractivity contribution in [2.24, 2.45) is 0 Å². The highest BCUT2D eigenvalue weighted by Gasteiger charge is 2.38. The smallest absolute Gasteiger partial charge is 0.265 e. The molecular formula is C19H22N2O3S. The minimum Gasteiger partial charge on any atom is -0.338 e.